The van der Waals surface area contributed by atoms with Gasteiger partial charge in [-0.05, 0) is 45.0 Å². The van der Waals surface area contributed by atoms with Crippen LogP contribution in [0.2, 0.25) is 0 Å². The number of carbonyl (C=O) groups excluding carboxylic acids is 2. The molecule has 44 heavy (non-hydrogen) atoms. The summed E-state index contributed by atoms with van der Waals surface area (Å²) in [7, 11) is -4.35. The normalized spacial score (nSPS) is 21.8. The topological polar surface area (TPSA) is 213 Å². The van der Waals surface area contributed by atoms with E-state index in [2.05, 4.69) is 25.4 Å². The lowest BCUT2D eigenvalue weighted by atomic mass is 10.1. The summed E-state index contributed by atoms with van der Waals surface area (Å²) in [6, 6.07) is 9.16. The van der Waals surface area contributed by atoms with E-state index in [9.17, 15) is 28.8 Å². The summed E-state index contributed by atoms with van der Waals surface area (Å²) in [5.74, 6) is -1.60. The number of anilines is 1. The molecule has 236 valence electrons. The SMILES string of the molecule is CC(C)OC(=O)C(C)N[P@](=O)(OC[C@H]1O[C@@H](n2ccc(NC(=O)c3ccnc(=O)[nH]3)nc2=O)[C@H](F)[C@@H]1O)Oc1ccccc1. The van der Waals surface area contributed by atoms with Crippen LogP contribution in [0.15, 0.2) is 64.4 Å². The quantitative estimate of drug-likeness (QED) is 0.163. The highest BCUT2D eigenvalue weighted by molar-refractivity contribution is 7.52. The van der Waals surface area contributed by atoms with Gasteiger partial charge in [0.15, 0.2) is 12.4 Å². The molecule has 6 atom stereocenters. The molecule has 1 aliphatic rings. The summed E-state index contributed by atoms with van der Waals surface area (Å²) in [6.07, 6.45) is -5.32. The molecule has 2 aromatic heterocycles. The summed E-state index contributed by atoms with van der Waals surface area (Å²) >= 11 is 0. The maximum atomic E-state index is 15.2. The third-order valence-electron chi connectivity index (χ3n) is 5.99. The minimum Gasteiger partial charge on any atom is -0.462 e. The van der Waals surface area contributed by atoms with E-state index >= 15 is 4.39 Å². The van der Waals surface area contributed by atoms with E-state index in [0.717, 1.165) is 17.0 Å². The van der Waals surface area contributed by atoms with Gasteiger partial charge in [0.2, 0.25) is 0 Å². The van der Waals surface area contributed by atoms with Crippen LogP contribution in [-0.2, 0) is 23.4 Å². The molecule has 1 aromatic carbocycles. The number of ether oxygens (including phenoxy) is 2. The molecule has 1 saturated heterocycles. The Morgan fingerprint density at radius 1 is 1.18 bits per heavy atom. The lowest BCUT2D eigenvalue weighted by Crippen LogP contribution is -2.37. The Morgan fingerprint density at radius 3 is 2.57 bits per heavy atom. The van der Waals surface area contributed by atoms with Crippen molar-refractivity contribution in [3.8, 4) is 5.75 Å². The highest BCUT2D eigenvalue weighted by atomic mass is 31.2. The number of amides is 1. The van der Waals surface area contributed by atoms with Crippen molar-refractivity contribution < 1.29 is 42.2 Å². The first-order valence-corrected chi connectivity index (χ1v) is 14.8. The van der Waals surface area contributed by atoms with E-state index in [1.165, 1.54) is 31.2 Å². The van der Waals surface area contributed by atoms with Crippen molar-refractivity contribution in [2.75, 3.05) is 11.9 Å². The molecule has 3 heterocycles. The maximum absolute atomic E-state index is 15.2. The summed E-state index contributed by atoms with van der Waals surface area (Å²) in [5, 5.41) is 15.3. The molecule has 18 heteroatoms. The third-order valence-corrected chi connectivity index (χ3v) is 7.64. The number of H-pyrrole nitrogens is 1. The van der Waals surface area contributed by atoms with Gasteiger partial charge in [0.25, 0.3) is 5.91 Å². The van der Waals surface area contributed by atoms with Gasteiger partial charge in [0.1, 0.15) is 35.5 Å². The number of rotatable bonds is 12. The highest BCUT2D eigenvalue weighted by Gasteiger charge is 2.47. The Labute approximate surface area is 249 Å². The number of hydrogen-bond acceptors (Lipinski definition) is 12. The van der Waals surface area contributed by atoms with Crippen LogP contribution in [0.25, 0.3) is 0 Å². The standard InChI is InChI=1S/C26H30FN6O10P/c1-14(2)41-24(36)15(3)32-44(39,43-16-7-5-4-6-8-16)40-13-18-21(34)20(27)23(42-18)33-12-10-19(31-26(33)38)30-22(35)17-9-11-28-25(37)29-17/h4-12,14-15,18,20-21,23,34H,13H2,1-3H3,(H,32,39)(H,28,29,37)(H,30,31,35,38)/t15?,18-,20-,21-,23-,44+/m1/s1. The minimum atomic E-state index is -4.35. The van der Waals surface area contributed by atoms with Crippen LogP contribution < -0.4 is 26.3 Å². The molecular formula is C26H30FN6O10P. The number of nitrogens with zero attached hydrogens (tertiary/aromatic N) is 3. The number of esters is 1. The third kappa shape index (κ3) is 8.21. The highest BCUT2D eigenvalue weighted by Crippen LogP contribution is 2.46. The molecule has 4 rings (SSSR count). The summed E-state index contributed by atoms with van der Waals surface area (Å²) in [5.41, 5.74) is -1.93. The van der Waals surface area contributed by atoms with Crippen LogP contribution in [0.3, 0.4) is 0 Å². The molecule has 0 aliphatic carbocycles. The second-order valence-electron chi connectivity index (χ2n) is 9.78. The Hall–Kier alpha value is -4.28. The Balaban J connectivity index is 1.45. The number of aromatic nitrogens is 4. The Morgan fingerprint density at radius 2 is 1.91 bits per heavy atom. The first-order valence-electron chi connectivity index (χ1n) is 13.3. The van der Waals surface area contributed by atoms with Crippen LogP contribution in [0.1, 0.15) is 37.5 Å². The summed E-state index contributed by atoms with van der Waals surface area (Å²) < 4.78 is 51.2. The van der Waals surface area contributed by atoms with Crippen LogP contribution >= 0.6 is 7.75 Å². The van der Waals surface area contributed by atoms with Gasteiger partial charge in [-0.3, -0.25) is 18.7 Å². The maximum Gasteiger partial charge on any atom is 0.459 e. The van der Waals surface area contributed by atoms with Gasteiger partial charge in [0, 0.05) is 12.4 Å². The van der Waals surface area contributed by atoms with Gasteiger partial charge in [-0.25, -0.2) is 23.5 Å². The van der Waals surface area contributed by atoms with E-state index in [1.807, 2.05) is 0 Å². The average Bonchev–Trinajstić information content (AvgIpc) is 3.25. The van der Waals surface area contributed by atoms with Gasteiger partial charge < -0.3 is 29.4 Å². The second kappa shape index (κ2) is 14.0. The van der Waals surface area contributed by atoms with E-state index in [0.29, 0.717) is 0 Å². The zero-order valence-corrected chi connectivity index (χ0v) is 24.6. The first-order chi connectivity index (χ1) is 20.8. The van der Waals surface area contributed by atoms with Crippen molar-refractivity contribution in [2.24, 2.45) is 0 Å². The van der Waals surface area contributed by atoms with E-state index in [4.69, 9.17) is 18.5 Å². The molecule has 3 aromatic rings. The number of aliphatic hydroxyl groups excluding tert-OH is 1. The number of nitrogens with one attached hydrogen (secondary N) is 3. The number of aromatic amines is 1. The van der Waals surface area contributed by atoms with E-state index in [1.54, 1.807) is 32.0 Å². The molecule has 0 saturated carbocycles. The molecule has 1 fully saturated rings. The van der Waals surface area contributed by atoms with Crippen LogP contribution in [0.5, 0.6) is 5.75 Å². The fourth-order valence-corrected chi connectivity index (χ4v) is 5.43. The smallest absolute Gasteiger partial charge is 0.459 e. The average molecular weight is 637 g/mol. The minimum absolute atomic E-state index is 0.127. The predicted octanol–water partition coefficient (Wildman–Crippen LogP) is 1.31. The predicted molar refractivity (Wildman–Crippen MR) is 151 cm³/mol. The monoisotopic (exact) mass is 636 g/mol. The van der Waals surface area contributed by atoms with Gasteiger partial charge >= 0.3 is 25.1 Å². The lowest BCUT2D eigenvalue weighted by molar-refractivity contribution is -0.149. The van der Waals surface area contributed by atoms with Crippen molar-refractivity contribution >= 4 is 25.4 Å². The molecule has 1 amide bonds. The molecule has 0 spiro atoms. The van der Waals surface area contributed by atoms with E-state index < -0.39 is 74.4 Å². The zero-order valence-electron chi connectivity index (χ0n) is 23.7. The lowest BCUT2D eigenvalue weighted by Gasteiger charge is -2.25. The number of carbonyl (C=O) groups is 2. The van der Waals surface area contributed by atoms with Gasteiger partial charge in [-0.2, -0.15) is 10.1 Å². The molecule has 1 unspecified atom stereocenters. The Bertz CT molecular complexity index is 1640. The van der Waals surface area contributed by atoms with Gasteiger partial charge in [-0.1, -0.05) is 18.2 Å². The fourth-order valence-electron chi connectivity index (χ4n) is 3.93. The first kappa shape index (κ1) is 32.6. The number of halogens is 1. The van der Waals surface area contributed by atoms with Gasteiger partial charge in [-0.15, -0.1) is 0 Å². The van der Waals surface area contributed by atoms with E-state index in [-0.39, 0.29) is 17.3 Å². The molecular weight excluding hydrogens is 606 g/mol. The summed E-state index contributed by atoms with van der Waals surface area (Å²) in [6.45, 7) is 3.98. The molecule has 0 bridgehead atoms. The van der Waals surface area contributed by atoms with Crippen LogP contribution in [-0.4, -0.2) is 73.6 Å². The summed E-state index contributed by atoms with van der Waals surface area (Å²) in [4.78, 5) is 58.0. The molecule has 0 radical (unpaired) electrons. The fraction of sp³-hybridized carbons (Fsp3) is 0.385. The number of alkyl halides is 1. The van der Waals surface area contributed by atoms with Crippen LogP contribution in [0, 0.1) is 0 Å². The van der Waals surface area contributed by atoms with Crippen molar-refractivity contribution in [1.82, 2.24) is 24.6 Å². The largest absolute Gasteiger partial charge is 0.462 e. The second-order valence-corrected chi connectivity index (χ2v) is 11.5. The van der Waals surface area contributed by atoms with Crippen LogP contribution in [0.4, 0.5) is 10.2 Å². The zero-order chi connectivity index (χ0) is 32.0. The van der Waals surface area contributed by atoms with Crippen molar-refractivity contribution in [1.29, 1.82) is 0 Å². The number of hydrogen-bond donors (Lipinski definition) is 4. The number of para-hydroxylation sites is 1. The molecule has 4 N–H and O–H groups in total. The van der Waals surface area contributed by atoms with Crippen molar-refractivity contribution in [3.05, 3.63) is 81.5 Å². The number of benzene rings is 1. The molecule has 16 nitrogen and oxygen atoms in total. The number of aliphatic hydroxyl groups is 1. The Kier molecular flexibility index (Phi) is 10.4. The van der Waals surface area contributed by atoms with Crippen molar-refractivity contribution in [3.63, 3.8) is 0 Å². The van der Waals surface area contributed by atoms with Gasteiger partial charge in [0.05, 0.1) is 12.7 Å². The van der Waals surface area contributed by atoms with Crippen molar-refractivity contribution in [2.45, 2.75) is 57.5 Å². The molecule has 1 aliphatic heterocycles.